The molecular weight excluding hydrogens is 1200 g/mol. The summed E-state index contributed by atoms with van der Waals surface area (Å²) in [4.78, 5) is 0. The number of hydrogen-bond donors (Lipinski definition) is 1. The van der Waals surface area contributed by atoms with Gasteiger partial charge >= 0.3 is 0 Å². The molecule has 0 spiro atoms. The molecule has 5 atom stereocenters. The fourth-order valence-electron chi connectivity index (χ4n) is 12.1. The van der Waals surface area contributed by atoms with Gasteiger partial charge in [-0.3, -0.25) is 0 Å². The zero-order valence-electron chi connectivity index (χ0n) is 58.0. The van der Waals surface area contributed by atoms with E-state index < -0.39 is 73.4 Å². The Labute approximate surface area is 551 Å². The average Bonchev–Trinajstić information content (AvgIpc) is 1.67. The molecule has 10 nitrogen and oxygen atoms in total. The Hall–Kier alpha value is -5.83. The average molecular weight is 1300 g/mol. The molecule has 0 unspecified atom stereocenters. The summed E-state index contributed by atoms with van der Waals surface area (Å²) < 4.78 is 64.9. The Bertz CT molecular complexity index is 3310. The van der Waals surface area contributed by atoms with Crippen molar-refractivity contribution in [3.63, 3.8) is 0 Å². The summed E-state index contributed by atoms with van der Waals surface area (Å²) in [5.74, 6) is 12.8. The predicted molar refractivity (Wildman–Crippen MR) is 383 cm³/mol. The van der Waals surface area contributed by atoms with Gasteiger partial charge in [0.15, 0.2) is 30.6 Å². The van der Waals surface area contributed by atoms with E-state index in [4.69, 9.17) is 47.8 Å². The van der Waals surface area contributed by atoms with Crippen molar-refractivity contribution in [2.45, 2.75) is 191 Å². The molecule has 1 N–H and O–H groups in total. The molecule has 14 heteroatoms. The van der Waals surface area contributed by atoms with Crippen LogP contribution in [0, 0.1) is 24.2 Å². The quantitative estimate of drug-likeness (QED) is 0.0290. The zero-order valence-corrected chi connectivity index (χ0v) is 62.0. The number of methoxy groups -OCH3 is 3. The standard InChI is InChI=1S/C77H104O10Si4/c1-21-70(78)76(87-89(19,20)73(8,9)10)55-67(85-88(17,18)72(5,6)7)54-63(76)52-53-75(86-90(22-2,23-3)24-4,58-83-77(60-34-28-25-29-35-60,61-42-48-65(80-15)49-43-61)62-44-50-66(81-16)51-45-62)71(82-56-59-40-46-64(79-14)47-41-59)57-84-91(74(11,12)13,68-36-30-26-31-37-68)69-38-32-27-33-39-69/h1,25-51,54,67,70-71,78H,22-24,55-58H2,2-20H3/t67-,70+,71+,75+,76-/m1/s1. The van der Waals surface area contributed by atoms with Gasteiger partial charge in [-0.25, -0.2) is 0 Å². The summed E-state index contributed by atoms with van der Waals surface area (Å²) in [5, 5.41) is 14.1. The highest BCUT2D eigenvalue weighted by atomic mass is 28.4. The van der Waals surface area contributed by atoms with Crippen LogP contribution < -0.4 is 24.6 Å². The number of hydrogen-bond acceptors (Lipinski definition) is 10. The molecule has 0 fully saturated rings. The van der Waals surface area contributed by atoms with Crippen LogP contribution in [-0.2, 0) is 39.4 Å². The van der Waals surface area contributed by atoms with Crippen LogP contribution in [0.25, 0.3) is 0 Å². The summed E-state index contributed by atoms with van der Waals surface area (Å²) in [6.45, 7) is 35.8. The first-order chi connectivity index (χ1) is 42.9. The Morgan fingerprint density at radius 3 is 1.44 bits per heavy atom. The largest absolute Gasteiger partial charge is 0.497 e. The number of ether oxygens (including phenoxy) is 5. The van der Waals surface area contributed by atoms with Crippen LogP contribution in [0.5, 0.6) is 17.2 Å². The Balaban J connectivity index is 1.67. The minimum absolute atomic E-state index is 0.0151. The lowest BCUT2D eigenvalue weighted by Crippen LogP contribution is -2.68. The Kier molecular flexibility index (Phi) is 23.6. The van der Waals surface area contributed by atoms with E-state index in [2.05, 4.69) is 230 Å². The second kappa shape index (κ2) is 29.6. The van der Waals surface area contributed by atoms with E-state index in [1.165, 1.54) is 0 Å². The number of rotatable bonds is 28. The first-order valence-corrected chi connectivity index (χ1v) is 42.6. The first kappa shape index (κ1) is 72.6. The second-order valence-corrected chi connectivity index (χ2v) is 46.9. The van der Waals surface area contributed by atoms with Crippen LogP contribution in [0.1, 0.15) is 112 Å². The fourth-order valence-corrected chi connectivity index (χ4v) is 22.4. The van der Waals surface area contributed by atoms with Crippen LogP contribution in [0.15, 0.2) is 175 Å². The van der Waals surface area contributed by atoms with Crippen molar-refractivity contribution in [1.82, 2.24) is 0 Å². The molecule has 0 aromatic heterocycles. The highest BCUT2D eigenvalue weighted by molar-refractivity contribution is 6.99. The fraction of sp³-hybridized carbons (Fsp3) is 0.455. The normalized spacial score (nSPS) is 17.4. The molecular formula is C77H104O10Si4. The highest BCUT2D eigenvalue weighted by Gasteiger charge is 2.57. The maximum Gasteiger partial charge on any atom is 0.261 e. The maximum absolute atomic E-state index is 12.8. The van der Waals surface area contributed by atoms with Crippen molar-refractivity contribution in [2.24, 2.45) is 0 Å². The summed E-state index contributed by atoms with van der Waals surface area (Å²) in [6, 6.07) is 58.0. The lowest BCUT2D eigenvalue weighted by Gasteiger charge is -2.48. The Morgan fingerprint density at radius 2 is 1.02 bits per heavy atom. The highest BCUT2D eigenvalue weighted by Crippen LogP contribution is 2.50. The summed E-state index contributed by atoms with van der Waals surface area (Å²) in [5.41, 5.74) is -0.552. The topological polar surface area (TPSA) is 103 Å². The van der Waals surface area contributed by atoms with E-state index in [0.717, 1.165) is 56.5 Å². The van der Waals surface area contributed by atoms with Gasteiger partial charge in [-0.15, -0.1) is 6.42 Å². The van der Waals surface area contributed by atoms with Gasteiger partial charge in [0.25, 0.3) is 8.32 Å². The zero-order chi connectivity index (χ0) is 66.7. The number of benzene rings is 6. The SMILES string of the molecule is C#C[C@H](O)[C@@]1(O[Si](C)(C)C(C)(C)C)C[C@H](O[Si](C)(C)C(C)(C)C)C=C1C#C[C@@](COC(c1ccccc1)(c1ccc(OC)cc1)c1ccc(OC)cc1)(O[Si](CC)(CC)CC)[C@H](CO[Si](c1ccccc1)(c1ccccc1)C(C)(C)C)OCc1ccc(OC)cc1. The van der Waals surface area contributed by atoms with Gasteiger partial charge < -0.3 is 46.5 Å². The molecule has 91 heavy (non-hydrogen) atoms. The molecule has 1 aliphatic carbocycles. The first-order valence-electron chi connectivity index (χ1n) is 32.4. The van der Waals surface area contributed by atoms with Gasteiger partial charge in [0.05, 0.1) is 47.3 Å². The molecule has 0 bridgehead atoms. The van der Waals surface area contributed by atoms with E-state index in [1.807, 2.05) is 66.7 Å². The van der Waals surface area contributed by atoms with Gasteiger partial charge in [0, 0.05) is 12.0 Å². The van der Waals surface area contributed by atoms with Crippen LogP contribution >= 0.6 is 0 Å². The molecule has 6 aromatic carbocycles. The van der Waals surface area contributed by atoms with Crippen molar-refractivity contribution in [1.29, 1.82) is 0 Å². The number of aliphatic hydroxyl groups is 1. The summed E-state index contributed by atoms with van der Waals surface area (Å²) >= 11 is 0. The third-order valence-corrected chi connectivity index (χ3v) is 38.5. The van der Waals surface area contributed by atoms with Crippen molar-refractivity contribution >= 4 is 43.6 Å². The van der Waals surface area contributed by atoms with Crippen molar-refractivity contribution < 1.29 is 46.5 Å². The van der Waals surface area contributed by atoms with E-state index in [-0.39, 0.29) is 36.3 Å². The molecule has 0 radical (unpaired) electrons. The van der Waals surface area contributed by atoms with Crippen LogP contribution in [0.3, 0.4) is 0 Å². The van der Waals surface area contributed by atoms with E-state index in [1.54, 1.807) is 21.3 Å². The molecule has 0 saturated heterocycles. The van der Waals surface area contributed by atoms with E-state index in [9.17, 15) is 5.11 Å². The van der Waals surface area contributed by atoms with E-state index >= 15 is 0 Å². The number of terminal acetylenes is 1. The molecule has 488 valence electrons. The number of aliphatic hydroxyl groups excluding tert-OH is 1. The van der Waals surface area contributed by atoms with Crippen molar-refractivity contribution in [3.05, 3.63) is 198 Å². The van der Waals surface area contributed by atoms with Crippen LogP contribution in [-0.4, -0.2) is 102 Å². The smallest absolute Gasteiger partial charge is 0.261 e. The predicted octanol–water partition coefficient (Wildman–Crippen LogP) is 16.4. The minimum Gasteiger partial charge on any atom is -0.497 e. The Morgan fingerprint density at radius 1 is 0.582 bits per heavy atom. The molecule has 0 aliphatic heterocycles. The molecule has 0 saturated carbocycles. The third-order valence-electron chi connectivity index (χ3n) is 19.8. The molecule has 6 aromatic rings. The van der Waals surface area contributed by atoms with E-state index in [0.29, 0.717) is 17.1 Å². The van der Waals surface area contributed by atoms with Gasteiger partial charge in [-0.2, -0.15) is 0 Å². The van der Waals surface area contributed by atoms with Crippen molar-refractivity contribution in [2.75, 3.05) is 34.5 Å². The van der Waals surface area contributed by atoms with Gasteiger partial charge in [0.1, 0.15) is 40.7 Å². The second-order valence-electron chi connectivity index (χ2n) is 28.4. The van der Waals surface area contributed by atoms with Crippen LogP contribution in [0.2, 0.25) is 59.4 Å². The molecule has 0 heterocycles. The maximum atomic E-state index is 12.8. The molecule has 1 aliphatic rings. The van der Waals surface area contributed by atoms with Gasteiger partial charge in [-0.1, -0.05) is 228 Å². The minimum atomic E-state index is -3.36. The molecule has 0 amide bonds. The molecule has 7 rings (SSSR count). The van der Waals surface area contributed by atoms with Gasteiger partial charge in [-0.05, 0) is 135 Å². The van der Waals surface area contributed by atoms with Gasteiger partial charge in [0.2, 0.25) is 0 Å². The lowest BCUT2D eigenvalue weighted by atomic mass is 9.79. The summed E-state index contributed by atoms with van der Waals surface area (Å²) in [7, 11) is -6.54. The monoisotopic (exact) mass is 1300 g/mol. The summed E-state index contributed by atoms with van der Waals surface area (Å²) in [6.07, 6.45) is 5.92. The lowest BCUT2D eigenvalue weighted by molar-refractivity contribution is -0.140. The van der Waals surface area contributed by atoms with Crippen molar-refractivity contribution in [3.8, 4) is 41.4 Å². The third kappa shape index (κ3) is 15.7. The van der Waals surface area contributed by atoms with Crippen LogP contribution in [0.4, 0.5) is 0 Å².